The molecule has 1 N–H and O–H groups in total. The second-order valence-electron chi connectivity index (χ2n) is 8.19. The lowest BCUT2D eigenvalue weighted by molar-refractivity contribution is -0.115. The van der Waals surface area contributed by atoms with Gasteiger partial charge in [-0.15, -0.1) is 10.2 Å². The molecule has 1 aliphatic heterocycles. The van der Waals surface area contributed by atoms with E-state index in [1.54, 1.807) is 0 Å². The predicted molar refractivity (Wildman–Crippen MR) is 134 cm³/mol. The summed E-state index contributed by atoms with van der Waals surface area (Å²) in [5, 5.41) is 12.3. The Morgan fingerprint density at radius 1 is 1.09 bits per heavy atom. The van der Waals surface area contributed by atoms with Crippen molar-refractivity contribution in [2.45, 2.75) is 24.3 Å². The summed E-state index contributed by atoms with van der Waals surface area (Å²) in [5.41, 5.74) is 3.98. The maximum absolute atomic E-state index is 12.9. The second kappa shape index (κ2) is 10.3. The molecule has 0 saturated carbocycles. The van der Waals surface area contributed by atoms with Crippen molar-refractivity contribution in [3.8, 4) is 5.69 Å². The van der Waals surface area contributed by atoms with Gasteiger partial charge in [0, 0.05) is 38.6 Å². The van der Waals surface area contributed by atoms with Gasteiger partial charge in [0.1, 0.15) is 0 Å². The molecule has 9 heteroatoms. The minimum absolute atomic E-state index is 0.0788. The molecular weight excluding hydrogens is 436 g/mol. The van der Waals surface area contributed by atoms with E-state index >= 15 is 0 Å². The van der Waals surface area contributed by atoms with E-state index in [-0.39, 0.29) is 11.2 Å². The molecule has 1 saturated heterocycles. The van der Waals surface area contributed by atoms with Gasteiger partial charge >= 0.3 is 0 Å². The van der Waals surface area contributed by atoms with Gasteiger partial charge in [-0.2, -0.15) is 0 Å². The van der Waals surface area contributed by atoms with E-state index in [9.17, 15) is 4.79 Å². The van der Waals surface area contributed by atoms with E-state index in [0.29, 0.717) is 18.4 Å². The van der Waals surface area contributed by atoms with Crippen molar-refractivity contribution in [3.63, 3.8) is 0 Å². The van der Waals surface area contributed by atoms with Gasteiger partial charge in [0.05, 0.1) is 24.2 Å². The average Bonchev–Trinajstić information content (AvgIpc) is 3.23. The number of para-hydroxylation sites is 1. The van der Waals surface area contributed by atoms with Crippen molar-refractivity contribution in [1.82, 2.24) is 14.8 Å². The quantitative estimate of drug-likeness (QED) is 0.533. The van der Waals surface area contributed by atoms with E-state index in [4.69, 9.17) is 4.74 Å². The van der Waals surface area contributed by atoms with Crippen molar-refractivity contribution in [1.29, 1.82) is 0 Å². The first-order chi connectivity index (χ1) is 15.9. The summed E-state index contributed by atoms with van der Waals surface area (Å²) >= 11 is 1.41. The number of rotatable bonds is 7. The normalized spacial score (nSPS) is 14.7. The molecule has 2 heterocycles. The summed E-state index contributed by atoms with van der Waals surface area (Å²) in [7, 11) is 3.98. The molecule has 0 aliphatic carbocycles. The van der Waals surface area contributed by atoms with Gasteiger partial charge in [0.25, 0.3) is 0 Å². The molecule has 1 fully saturated rings. The number of hydrogen-bond donors (Lipinski definition) is 1. The third-order valence-corrected chi connectivity index (χ3v) is 6.61. The van der Waals surface area contributed by atoms with Crippen LogP contribution in [-0.4, -0.2) is 66.3 Å². The van der Waals surface area contributed by atoms with Gasteiger partial charge in [0.15, 0.2) is 5.16 Å². The number of aryl methyl sites for hydroxylation is 1. The molecule has 1 aromatic heterocycles. The Labute approximate surface area is 198 Å². The second-order valence-corrected chi connectivity index (χ2v) is 9.50. The number of carbonyl (C=O) groups excluding carboxylic acids is 1. The first-order valence-electron chi connectivity index (χ1n) is 11.0. The highest BCUT2D eigenvalue weighted by Crippen LogP contribution is 2.31. The molecule has 0 bridgehead atoms. The number of nitrogens with one attached hydrogen (secondary N) is 1. The first kappa shape index (κ1) is 23.1. The van der Waals surface area contributed by atoms with Gasteiger partial charge in [0.2, 0.25) is 11.9 Å². The van der Waals surface area contributed by atoms with E-state index in [2.05, 4.69) is 44.0 Å². The number of ether oxygens (including phenoxy) is 1. The Hall–Kier alpha value is -3.04. The Bertz CT molecular complexity index is 1090. The van der Waals surface area contributed by atoms with E-state index in [1.807, 2.05) is 62.3 Å². The predicted octanol–water partition coefficient (Wildman–Crippen LogP) is 3.60. The number of hydrogen-bond acceptors (Lipinski definition) is 7. The lowest BCUT2D eigenvalue weighted by atomic mass is 10.2. The highest BCUT2D eigenvalue weighted by Gasteiger charge is 2.25. The summed E-state index contributed by atoms with van der Waals surface area (Å²) in [6.45, 7) is 6.80. The average molecular weight is 467 g/mol. The van der Waals surface area contributed by atoms with Crippen LogP contribution < -0.4 is 15.1 Å². The van der Waals surface area contributed by atoms with Gasteiger partial charge in [-0.05, 0) is 49.7 Å². The smallest absolute Gasteiger partial charge is 0.237 e. The molecule has 1 aliphatic rings. The number of aromatic nitrogens is 3. The molecule has 33 heavy (non-hydrogen) atoms. The van der Waals surface area contributed by atoms with Crippen molar-refractivity contribution in [2.24, 2.45) is 0 Å². The number of thioether (sulfide) groups is 1. The zero-order chi connectivity index (χ0) is 23.4. The fraction of sp³-hybridized carbons (Fsp3) is 0.375. The molecule has 0 spiro atoms. The van der Waals surface area contributed by atoms with Crippen LogP contribution in [0.1, 0.15) is 12.5 Å². The van der Waals surface area contributed by atoms with Crippen LogP contribution in [0.2, 0.25) is 0 Å². The van der Waals surface area contributed by atoms with Crippen molar-refractivity contribution >= 4 is 35.0 Å². The fourth-order valence-electron chi connectivity index (χ4n) is 3.63. The Kier molecular flexibility index (Phi) is 7.20. The number of carbonyl (C=O) groups is 1. The largest absolute Gasteiger partial charge is 0.378 e. The summed E-state index contributed by atoms with van der Waals surface area (Å²) < 4.78 is 7.57. The molecule has 0 unspecified atom stereocenters. The molecule has 3 aromatic rings. The molecule has 174 valence electrons. The van der Waals surface area contributed by atoms with Crippen LogP contribution in [0.3, 0.4) is 0 Å². The van der Waals surface area contributed by atoms with E-state index in [1.165, 1.54) is 11.8 Å². The molecule has 0 radical (unpaired) electrons. The number of amides is 1. The van der Waals surface area contributed by atoms with Crippen LogP contribution >= 0.6 is 11.8 Å². The number of morpholine rings is 1. The van der Waals surface area contributed by atoms with Crippen LogP contribution in [0.25, 0.3) is 5.69 Å². The van der Waals surface area contributed by atoms with Crippen LogP contribution in [0.5, 0.6) is 0 Å². The van der Waals surface area contributed by atoms with Crippen LogP contribution in [0.4, 0.5) is 17.3 Å². The molecular formula is C24H30N6O2S. The van der Waals surface area contributed by atoms with Gasteiger partial charge in [-0.1, -0.05) is 30.0 Å². The highest BCUT2D eigenvalue weighted by molar-refractivity contribution is 8.00. The minimum Gasteiger partial charge on any atom is -0.378 e. The summed E-state index contributed by atoms with van der Waals surface area (Å²) in [6.07, 6.45) is 0. The number of benzene rings is 2. The minimum atomic E-state index is -0.358. The molecule has 4 rings (SSSR count). The third-order valence-electron chi connectivity index (χ3n) is 5.57. The zero-order valence-electron chi connectivity index (χ0n) is 19.5. The molecule has 1 atom stereocenters. The Morgan fingerprint density at radius 2 is 1.79 bits per heavy atom. The van der Waals surface area contributed by atoms with Crippen molar-refractivity contribution in [2.75, 3.05) is 55.5 Å². The Balaban J connectivity index is 1.56. The van der Waals surface area contributed by atoms with E-state index < -0.39 is 0 Å². The van der Waals surface area contributed by atoms with Crippen LogP contribution in [-0.2, 0) is 9.53 Å². The first-order valence-corrected chi connectivity index (χ1v) is 11.9. The molecule has 8 nitrogen and oxygen atoms in total. The summed E-state index contributed by atoms with van der Waals surface area (Å²) in [5.74, 6) is 0.701. The van der Waals surface area contributed by atoms with Gasteiger partial charge in [-0.3, -0.25) is 9.36 Å². The Morgan fingerprint density at radius 3 is 2.45 bits per heavy atom. The number of anilines is 3. The number of nitrogens with zero attached hydrogens (tertiary/aromatic N) is 5. The summed E-state index contributed by atoms with van der Waals surface area (Å²) in [6, 6.07) is 15.9. The highest BCUT2D eigenvalue weighted by atomic mass is 32.2. The lowest BCUT2D eigenvalue weighted by Crippen LogP contribution is -2.38. The van der Waals surface area contributed by atoms with Crippen molar-refractivity contribution < 1.29 is 9.53 Å². The van der Waals surface area contributed by atoms with Gasteiger partial charge in [-0.25, -0.2) is 0 Å². The third kappa shape index (κ3) is 5.31. The lowest BCUT2D eigenvalue weighted by Gasteiger charge is -2.28. The molecule has 1 amide bonds. The van der Waals surface area contributed by atoms with Crippen LogP contribution in [0.15, 0.2) is 53.7 Å². The van der Waals surface area contributed by atoms with Crippen molar-refractivity contribution in [3.05, 3.63) is 54.1 Å². The van der Waals surface area contributed by atoms with Crippen LogP contribution in [0, 0.1) is 6.92 Å². The summed E-state index contributed by atoms with van der Waals surface area (Å²) in [4.78, 5) is 17.1. The SMILES string of the molecule is Cc1ccccc1-n1c(S[C@H](C)C(=O)Nc2ccc(N(C)C)cc2)nnc1N1CCOCC1. The monoisotopic (exact) mass is 466 g/mol. The standard InChI is InChI=1S/C24H30N6O2S/c1-17-7-5-6-8-21(17)30-23(29-13-15-32-16-14-29)26-27-24(30)33-18(2)22(31)25-19-9-11-20(12-10-19)28(3)4/h5-12,18H,13-16H2,1-4H3,(H,25,31)/t18-/m1/s1. The van der Waals surface area contributed by atoms with E-state index in [0.717, 1.165) is 41.7 Å². The zero-order valence-corrected chi connectivity index (χ0v) is 20.3. The maximum atomic E-state index is 12.9. The maximum Gasteiger partial charge on any atom is 0.237 e. The topological polar surface area (TPSA) is 75.5 Å². The fourth-order valence-corrected chi connectivity index (χ4v) is 4.49. The van der Waals surface area contributed by atoms with Gasteiger partial charge < -0.3 is 19.9 Å². The molecule has 2 aromatic carbocycles.